The summed E-state index contributed by atoms with van der Waals surface area (Å²) in [7, 11) is 1.38. The van der Waals surface area contributed by atoms with Crippen molar-refractivity contribution in [3.63, 3.8) is 0 Å². The molecule has 0 unspecified atom stereocenters. The van der Waals surface area contributed by atoms with Crippen LogP contribution in [0.15, 0.2) is 0 Å². The van der Waals surface area contributed by atoms with Crippen molar-refractivity contribution in [1.29, 1.82) is 0 Å². The van der Waals surface area contributed by atoms with Crippen molar-refractivity contribution < 1.29 is 14.3 Å². The number of nitrogens with two attached hydrogens (primary N) is 1. The fourth-order valence-electron chi connectivity index (χ4n) is 2.46. The highest BCUT2D eigenvalue weighted by atomic mass is 16.5. The summed E-state index contributed by atoms with van der Waals surface area (Å²) in [6.07, 6.45) is 1.44. The van der Waals surface area contributed by atoms with Crippen LogP contribution in [0.2, 0.25) is 0 Å². The van der Waals surface area contributed by atoms with Crippen molar-refractivity contribution in [2.75, 3.05) is 26.7 Å². The number of hydrogen-bond donors (Lipinski definition) is 1. The van der Waals surface area contributed by atoms with E-state index < -0.39 is 0 Å². The minimum absolute atomic E-state index is 0.195. The van der Waals surface area contributed by atoms with Gasteiger partial charge in [-0.3, -0.25) is 9.69 Å². The largest absolute Gasteiger partial charge is 0.453 e. The molecule has 1 aliphatic heterocycles. The Morgan fingerprint density at radius 3 is 2.53 bits per heavy atom. The number of carbonyl (C=O) groups excluding carboxylic acids is 2. The van der Waals surface area contributed by atoms with Gasteiger partial charge in [-0.2, -0.15) is 0 Å². The molecule has 1 rings (SSSR count). The molecule has 1 atom stereocenters. The van der Waals surface area contributed by atoms with Gasteiger partial charge in [0, 0.05) is 18.6 Å². The second-order valence-corrected chi connectivity index (χ2v) is 5.89. The third kappa shape index (κ3) is 4.09. The van der Waals surface area contributed by atoms with Crippen molar-refractivity contribution in [1.82, 2.24) is 9.80 Å². The molecule has 110 valence electrons. The summed E-state index contributed by atoms with van der Waals surface area (Å²) in [5, 5.41) is 0. The molecule has 0 bridgehead atoms. The molecule has 1 saturated heterocycles. The zero-order valence-corrected chi connectivity index (χ0v) is 12.3. The van der Waals surface area contributed by atoms with Crippen LogP contribution in [-0.4, -0.2) is 60.1 Å². The lowest BCUT2D eigenvalue weighted by atomic mass is 10.1. The van der Waals surface area contributed by atoms with Gasteiger partial charge in [0.25, 0.3) is 0 Å². The molecule has 0 aromatic rings. The van der Waals surface area contributed by atoms with Crippen molar-refractivity contribution in [3.05, 3.63) is 0 Å². The van der Waals surface area contributed by atoms with E-state index in [0.29, 0.717) is 13.1 Å². The maximum Gasteiger partial charge on any atom is 0.409 e. The van der Waals surface area contributed by atoms with Gasteiger partial charge in [0.05, 0.1) is 13.2 Å². The Morgan fingerprint density at radius 2 is 2.05 bits per heavy atom. The Bertz CT molecular complexity index is 339. The number of nitrogens with zero attached hydrogens (tertiary/aromatic N) is 2. The van der Waals surface area contributed by atoms with E-state index in [-0.39, 0.29) is 23.6 Å². The van der Waals surface area contributed by atoms with Gasteiger partial charge in [0.15, 0.2) is 0 Å². The van der Waals surface area contributed by atoms with E-state index in [0.717, 1.165) is 19.4 Å². The van der Waals surface area contributed by atoms with E-state index in [1.807, 2.05) is 25.7 Å². The fourth-order valence-corrected chi connectivity index (χ4v) is 2.46. The third-order valence-electron chi connectivity index (χ3n) is 3.51. The fraction of sp³-hybridized carbons (Fsp3) is 0.846. The lowest BCUT2D eigenvalue weighted by Gasteiger charge is -2.36. The van der Waals surface area contributed by atoms with E-state index in [4.69, 9.17) is 10.5 Å². The zero-order valence-electron chi connectivity index (χ0n) is 12.3. The number of primary amides is 1. The van der Waals surface area contributed by atoms with E-state index in [1.165, 1.54) is 7.11 Å². The van der Waals surface area contributed by atoms with Gasteiger partial charge in [-0.05, 0) is 40.2 Å². The van der Waals surface area contributed by atoms with Crippen molar-refractivity contribution >= 4 is 12.0 Å². The molecule has 2 amide bonds. The Labute approximate surface area is 114 Å². The van der Waals surface area contributed by atoms with Crippen LogP contribution in [-0.2, 0) is 9.53 Å². The second-order valence-electron chi connectivity index (χ2n) is 5.89. The average Bonchev–Trinajstić information content (AvgIpc) is 2.75. The first-order chi connectivity index (χ1) is 8.77. The summed E-state index contributed by atoms with van der Waals surface area (Å²) in [5.41, 5.74) is 5.07. The number of hydrogen-bond acceptors (Lipinski definition) is 4. The summed E-state index contributed by atoms with van der Waals surface area (Å²) in [6, 6.07) is -0.195. The molecule has 6 heteroatoms. The van der Waals surface area contributed by atoms with Gasteiger partial charge in [0.1, 0.15) is 0 Å². The molecule has 1 aliphatic rings. The van der Waals surface area contributed by atoms with Gasteiger partial charge < -0.3 is 15.4 Å². The SMILES string of the molecule is COC(=O)N(CCN1CCC[C@@H]1C(N)=O)C(C)(C)C. The smallest absolute Gasteiger partial charge is 0.409 e. The van der Waals surface area contributed by atoms with Gasteiger partial charge >= 0.3 is 6.09 Å². The minimum Gasteiger partial charge on any atom is -0.453 e. The maximum atomic E-state index is 11.8. The number of rotatable bonds is 4. The molecule has 0 aromatic carbocycles. The second kappa shape index (κ2) is 6.23. The van der Waals surface area contributed by atoms with Crippen molar-refractivity contribution in [2.24, 2.45) is 5.73 Å². The van der Waals surface area contributed by atoms with E-state index >= 15 is 0 Å². The van der Waals surface area contributed by atoms with Crippen LogP contribution in [0, 0.1) is 0 Å². The number of carbonyl (C=O) groups is 2. The first-order valence-electron chi connectivity index (χ1n) is 6.66. The van der Waals surface area contributed by atoms with Gasteiger partial charge in [-0.15, -0.1) is 0 Å². The summed E-state index contributed by atoms with van der Waals surface area (Å²) in [6.45, 7) is 7.89. The van der Waals surface area contributed by atoms with Gasteiger partial charge in [-0.25, -0.2) is 4.79 Å². The average molecular weight is 271 g/mol. The third-order valence-corrected chi connectivity index (χ3v) is 3.51. The molecule has 0 saturated carbocycles. The van der Waals surface area contributed by atoms with Crippen molar-refractivity contribution in [2.45, 2.75) is 45.2 Å². The van der Waals surface area contributed by atoms with Crippen LogP contribution in [0.25, 0.3) is 0 Å². The highest BCUT2D eigenvalue weighted by molar-refractivity contribution is 5.80. The molecular formula is C13H25N3O3. The number of amides is 2. The number of methoxy groups -OCH3 is 1. The first kappa shape index (κ1) is 15.8. The summed E-state index contributed by atoms with van der Waals surface area (Å²) < 4.78 is 4.81. The predicted molar refractivity (Wildman–Crippen MR) is 72.7 cm³/mol. The topological polar surface area (TPSA) is 75.9 Å². The van der Waals surface area contributed by atoms with Crippen LogP contribution in [0.1, 0.15) is 33.6 Å². The van der Waals surface area contributed by atoms with Crippen LogP contribution < -0.4 is 5.73 Å². The quantitative estimate of drug-likeness (QED) is 0.820. The van der Waals surface area contributed by atoms with Crippen LogP contribution in [0.4, 0.5) is 4.79 Å². The highest BCUT2D eigenvalue weighted by Gasteiger charge is 2.32. The van der Waals surface area contributed by atoms with Crippen LogP contribution in [0.5, 0.6) is 0 Å². The predicted octanol–water partition coefficient (Wildman–Crippen LogP) is 0.803. The van der Waals surface area contributed by atoms with Crippen LogP contribution in [0.3, 0.4) is 0 Å². The normalized spacial score (nSPS) is 20.3. The Kier molecular flexibility index (Phi) is 5.17. The van der Waals surface area contributed by atoms with E-state index in [1.54, 1.807) is 4.90 Å². The molecule has 0 radical (unpaired) electrons. The molecule has 1 fully saturated rings. The maximum absolute atomic E-state index is 11.8. The minimum atomic E-state index is -0.345. The molecular weight excluding hydrogens is 246 g/mol. The van der Waals surface area contributed by atoms with E-state index in [2.05, 4.69) is 0 Å². The van der Waals surface area contributed by atoms with Gasteiger partial charge in [0.2, 0.25) is 5.91 Å². The number of likely N-dealkylation sites (tertiary alicyclic amines) is 1. The monoisotopic (exact) mass is 271 g/mol. The molecule has 19 heavy (non-hydrogen) atoms. The molecule has 0 aliphatic carbocycles. The lowest BCUT2D eigenvalue weighted by Crippen LogP contribution is -2.50. The summed E-state index contributed by atoms with van der Waals surface area (Å²) >= 11 is 0. The number of ether oxygens (including phenoxy) is 1. The molecule has 1 heterocycles. The summed E-state index contributed by atoms with van der Waals surface area (Å²) in [4.78, 5) is 26.8. The molecule has 0 spiro atoms. The Balaban J connectivity index is 2.61. The van der Waals surface area contributed by atoms with Crippen LogP contribution >= 0.6 is 0 Å². The lowest BCUT2D eigenvalue weighted by molar-refractivity contribution is -0.122. The first-order valence-corrected chi connectivity index (χ1v) is 6.66. The molecule has 2 N–H and O–H groups in total. The molecule has 0 aromatic heterocycles. The molecule has 6 nitrogen and oxygen atoms in total. The standard InChI is InChI=1S/C13H25N3O3/c1-13(2,3)16(12(18)19-4)9-8-15-7-5-6-10(15)11(14)17/h10H,5-9H2,1-4H3,(H2,14,17)/t10-/m1/s1. The van der Waals surface area contributed by atoms with Gasteiger partial charge in [-0.1, -0.05) is 0 Å². The zero-order chi connectivity index (χ0) is 14.6. The summed E-state index contributed by atoms with van der Waals surface area (Å²) in [5.74, 6) is -0.280. The van der Waals surface area contributed by atoms with E-state index in [9.17, 15) is 9.59 Å². The Morgan fingerprint density at radius 1 is 1.42 bits per heavy atom. The highest BCUT2D eigenvalue weighted by Crippen LogP contribution is 2.19. The Hall–Kier alpha value is -1.30. The van der Waals surface area contributed by atoms with Crippen molar-refractivity contribution in [3.8, 4) is 0 Å².